The Labute approximate surface area is 145 Å². The Kier molecular flexibility index (Phi) is 5.36. The molecular weight excluding hydrogens is 320 g/mol. The van der Waals surface area contributed by atoms with Crippen molar-refractivity contribution in [3.63, 3.8) is 0 Å². The molecular formula is C19H18N2O2S. The predicted molar refractivity (Wildman–Crippen MR) is 94.7 cm³/mol. The van der Waals surface area contributed by atoms with E-state index in [0.29, 0.717) is 11.5 Å². The summed E-state index contributed by atoms with van der Waals surface area (Å²) >= 11 is 1.40. The second-order valence-corrected chi connectivity index (χ2v) is 6.46. The van der Waals surface area contributed by atoms with Crippen LogP contribution in [0.25, 0.3) is 0 Å². The van der Waals surface area contributed by atoms with Crippen LogP contribution in [0.5, 0.6) is 0 Å². The zero-order chi connectivity index (χ0) is 16.8. The topological polar surface area (TPSA) is 42.4 Å². The molecule has 0 radical (unpaired) electrons. The minimum absolute atomic E-state index is 0.178. The molecule has 3 rings (SSSR count). The van der Waals surface area contributed by atoms with Crippen LogP contribution in [-0.4, -0.2) is 23.0 Å². The fraction of sp³-hybridized carbons (Fsp3) is 0.158. The Bertz CT molecular complexity index is 787. The van der Waals surface area contributed by atoms with E-state index in [2.05, 4.69) is 17.1 Å². The lowest BCUT2D eigenvalue weighted by Crippen LogP contribution is -2.26. The summed E-state index contributed by atoms with van der Waals surface area (Å²) in [5.74, 6) is -0.178. The standard InChI is InChI=1S/C19H18N2O2S/c1-21(23-14-16-10-6-3-7-11-16)19(22)17-13-20-18(24-17)12-15-8-4-2-5-9-15/h2-11,13H,12,14H2,1H3. The maximum absolute atomic E-state index is 12.4. The van der Waals surface area contributed by atoms with E-state index in [1.54, 1.807) is 13.2 Å². The Morgan fingerprint density at radius 2 is 1.67 bits per heavy atom. The van der Waals surface area contributed by atoms with Crippen molar-refractivity contribution >= 4 is 17.2 Å². The van der Waals surface area contributed by atoms with Crippen LogP contribution in [-0.2, 0) is 17.9 Å². The summed E-state index contributed by atoms with van der Waals surface area (Å²) in [6, 6.07) is 19.9. The third-order valence-electron chi connectivity index (χ3n) is 3.52. The minimum Gasteiger partial charge on any atom is -0.266 e. The van der Waals surface area contributed by atoms with Gasteiger partial charge in [-0.15, -0.1) is 11.3 Å². The molecule has 0 bridgehead atoms. The van der Waals surface area contributed by atoms with Crippen molar-refractivity contribution in [1.82, 2.24) is 10.0 Å². The van der Waals surface area contributed by atoms with E-state index in [1.807, 2.05) is 48.5 Å². The highest BCUT2D eigenvalue weighted by Crippen LogP contribution is 2.18. The highest BCUT2D eigenvalue weighted by molar-refractivity contribution is 7.13. The Morgan fingerprint density at radius 1 is 1.04 bits per heavy atom. The number of carbonyl (C=O) groups excluding carboxylic acids is 1. The van der Waals surface area contributed by atoms with Crippen molar-refractivity contribution in [1.29, 1.82) is 0 Å². The molecule has 0 spiro atoms. The van der Waals surface area contributed by atoms with Crippen LogP contribution < -0.4 is 0 Å². The zero-order valence-corrected chi connectivity index (χ0v) is 14.2. The van der Waals surface area contributed by atoms with Crippen molar-refractivity contribution < 1.29 is 9.63 Å². The summed E-state index contributed by atoms with van der Waals surface area (Å²) in [5, 5.41) is 2.19. The van der Waals surface area contributed by atoms with Gasteiger partial charge >= 0.3 is 0 Å². The van der Waals surface area contributed by atoms with Crippen LogP contribution in [0.2, 0.25) is 0 Å². The summed E-state index contributed by atoms with van der Waals surface area (Å²) in [6.45, 7) is 0.360. The van der Waals surface area contributed by atoms with Crippen molar-refractivity contribution in [2.24, 2.45) is 0 Å². The first-order valence-electron chi connectivity index (χ1n) is 7.66. The molecule has 0 aliphatic carbocycles. The van der Waals surface area contributed by atoms with E-state index in [9.17, 15) is 4.79 Å². The highest BCUT2D eigenvalue weighted by atomic mass is 32.1. The summed E-state index contributed by atoms with van der Waals surface area (Å²) in [5.41, 5.74) is 2.20. The van der Waals surface area contributed by atoms with Crippen LogP contribution in [0.1, 0.15) is 25.8 Å². The molecule has 24 heavy (non-hydrogen) atoms. The largest absolute Gasteiger partial charge is 0.288 e. The van der Waals surface area contributed by atoms with Gasteiger partial charge < -0.3 is 0 Å². The summed E-state index contributed by atoms with van der Waals surface area (Å²) in [4.78, 5) is 22.9. The molecule has 0 saturated carbocycles. The fourth-order valence-corrected chi connectivity index (χ4v) is 3.14. The molecule has 0 saturated heterocycles. The van der Waals surface area contributed by atoms with Gasteiger partial charge in [-0.05, 0) is 11.1 Å². The second-order valence-electron chi connectivity index (χ2n) is 5.34. The first-order chi connectivity index (χ1) is 11.7. The summed E-state index contributed by atoms with van der Waals surface area (Å²) in [6.07, 6.45) is 2.35. The van der Waals surface area contributed by atoms with Gasteiger partial charge in [-0.3, -0.25) is 9.63 Å². The number of hydroxylamine groups is 2. The van der Waals surface area contributed by atoms with Gasteiger partial charge in [0.05, 0.1) is 11.2 Å². The lowest BCUT2D eigenvalue weighted by Gasteiger charge is -2.15. The maximum Gasteiger partial charge on any atom is 0.288 e. The van der Waals surface area contributed by atoms with E-state index in [0.717, 1.165) is 17.0 Å². The van der Waals surface area contributed by atoms with Crippen molar-refractivity contribution in [2.45, 2.75) is 13.0 Å². The molecule has 2 aromatic carbocycles. The minimum atomic E-state index is -0.178. The second kappa shape index (κ2) is 7.86. The lowest BCUT2D eigenvalue weighted by molar-refractivity contribution is -0.115. The molecule has 4 nitrogen and oxygen atoms in total. The molecule has 1 heterocycles. The van der Waals surface area contributed by atoms with E-state index in [4.69, 9.17) is 4.84 Å². The van der Waals surface area contributed by atoms with Gasteiger partial charge in [-0.25, -0.2) is 10.0 Å². The Morgan fingerprint density at radius 3 is 2.33 bits per heavy atom. The molecule has 0 atom stereocenters. The smallest absolute Gasteiger partial charge is 0.266 e. The number of rotatable bonds is 6. The monoisotopic (exact) mass is 338 g/mol. The highest BCUT2D eigenvalue weighted by Gasteiger charge is 2.16. The Balaban J connectivity index is 1.58. The normalized spacial score (nSPS) is 10.5. The van der Waals surface area contributed by atoms with E-state index < -0.39 is 0 Å². The first-order valence-corrected chi connectivity index (χ1v) is 8.47. The van der Waals surface area contributed by atoms with Crippen LogP contribution in [0.4, 0.5) is 0 Å². The number of aromatic nitrogens is 1. The van der Waals surface area contributed by atoms with Gasteiger partial charge in [0.25, 0.3) is 5.91 Å². The number of carbonyl (C=O) groups is 1. The molecule has 0 aliphatic heterocycles. The number of hydrogen-bond donors (Lipinski definition) is 0. The third-order valence-corrected chi connectivity index (χ3v) is 4.50. The van der Waals surface area contributed by atoms with Crippen LogP contribution in [0.15, 0.2) is 66.9 Å². The quantitative estimate of drug-likeness (QED) is 0.639. The van der Waals surface area contributed by atoms with Gasteiger partial charge in [-0.1, -0.05) is 60.7 Å². The fourth-order valence-electron chi connectivity index (χ4n) is 2.22. The SMILES string of the molecule is CN(OCc1ccccc1)C(=O)c1cnc(Cc2ccccc2)s1. The van der Waals surface area contributed by atoms with Gasteiger partial charge in [0.15, 0.2) is 0 Å². The van der Waals surface area contributed by atoms with Crippen molar-refractivity contribution in [3.8, 4) is 0 Å². The maximum atomic E-state index is 12.4. The van der Waals surface area contributed by atoms with Crippen LogP contribution in [0, 0.1) is 0 Å². The average molecular weight is 338 g/mol. The molecule has 122 valence electrons. The number of benzene rings is 2. The van der Waals surface area contributed by atoms with Gasteiger partial charge in [0, 0.05) is 13.5 Å². The van der Waals surface area contributed by atoms with Crippen LogP contribution in [0.3, 0.4) is 0 Å². The van der Waals surface area contributed by atoms with Gasteiger partial charge in [0.2, 0.25) is 0 Å². The number of nitrogens with zero attached hydrogens (tertiary/aromatic N) is 2. The zero-order valence-electron chi connectivity index (χ0n) is 13.4. The van der Waals surface area contributed by atoms with Gasteiger partial charge in [-0.2, -0.15) is 0 Å². The molecule has 3 aromatic rings. The molecule has 0 N–H and O–H groups in total. The van der Waals surface area contributed by atoms with Crippen molar-refractivity contribution in [3.05, 3.63) is 87.9 Å². The lowest BCUT2D eigenvalue weighted by atomic mass is 10.2. The molecule has 0 fully saturated rings. The van der Waals surface area contributed by atoms with E-state index in [-0.39, 0.29) is 5.91 Å². The third kappa shape index (κ3) is 4.28. The molecule has 1 aromatic heterocycles. The predicted octanol–water partition coefficient (Wildman–Crippen LogP) is 3.94. The first kappa shape index (κ1) is 16.4. The number of amides is 1. The molecule has 5 heteroatoms. The van der Waals surface area contributed by atoms with E-state index >= 15 is 0 Å². The van der Waals surface area contributed by atoms with Crippen molar-refractivity contribution in [2.75, 3.05) is 7.05 Å². The number of hydrogen-bond acceptors (Lipinski definition) is 4. The average Bonchev–Trinajstić information content (AvgIpc) is 3.09. The Hall–Kier alpha value is -2.50. The molecule has 0 aliphatic rings. The van der Waals surface area contributed by atoms with Crippen LogP contribution >= 0.6 is 11.3 Å². The van der Waals surface area contributed by atoms with E-state index in [1.165, 1.54) is 22.0 Å². The molecule has 0 unspecified atom stereocenters. The number of thiazole rings is 1. The molecule has 1 amide bonds. The summed E-state index contributed by atoms with van der Waals surface area (Å²) in [7, 11) is 1.63. The van der Waals surface area contributed by atoms with Gasteiger partial charge in [0.1, 0.15) is 11.5 Å². The summed E-state index contributed by atoms with van der Waals surface area (Å²) < 4.78 is 0.